The lowest BCUT2D eigenvalue weighted by molar-refractivity contribution is 0.0649. The summed E-state index contributed by atoms with van der Waals surface area (Å²) in [5, 5.41) is 58.7. The SMILES string of the molecule is O=C(O)c1ccc(C(=O)O)c(C(=O)O)c1.OCCCCCCO.OCCOCCO. The van der Waals surface area contributed by atoms with Crippen LogP contribution in [0.15, 0.2) is 18.2 Å². The third-order valence-corrected chi connectivity index (χ3v) is 3.26. The van der Waals surface area contributed by atoms with Crippen LogP contribution in [0.25, 0.3) is 0 Å². The van der Waals surface area contributed by atoms with Gasteiger partial charge in [-0.3, -0.25) is 0 Å². The Kier molecular flexibility index (Phi) is 19.5. The van der Waals surface area contributed by atoms with Crippen LogP contribution in [-0.4, -0.2) is 93.3 Å². The maximum atomic E-state index is 10.6. The number of aromatic carboxylic acids is 3. The maximum absolute atomic E-state index is 10.6. The van der Waals surface area contributed by atoms with Gasteiger partial charge < -0.3 is 40.5 Å². The topological polar surface area (TPSA) is 202 Å². The lowest BCUT2D eigenvalue weighted by Gasteiger charge is -2.02. The number of rotatable bonds is 12. The molecular formula is C19H30O11. The molecule has 1 aromatic carbocycles. The van der Waals surface area contributed by atoms with Gasteiger partial charge in [0.25, 0.3) is 0 Å². The first-order valence-electron chi connectivity index (χ1n) is 9.11. The smallest absolute Gasteiger partial charge is 0.336 e. The summed E-state index contributed by atoms with van der Waals surface area (Å²) in [7, 11) is 0. The van der Waals surface area contributed by atoms with Crippen molar-refractivity contribution in [2.45, 2.75) is 25.7 Å². The first-order chi connectivity index (χ1) is 14.3. The number of unbranched alkanes of at least 4 members (excludes halogenated alkanes) is 3. The van der Waals surface area contributed by atoms with Gasteiger partial charge in [0.15, 0.2) is 0 Å². The van der Waals surface area contributed by atoms with Gasteiger partial charge in [-0.2, -0.15) is 0 Å². The van der Waals surface area contributed by atoms with E-state index in [2.05, 4.69) is 4.74 Å². The lowest BCUT2D eigenvalue weighted by atomic mass is 10.0. The quantitative estimate of drug-likeness (QED) is 0.223. The van der Waals surface area contributed by atoms with E-state index in [1.165, 1.54) is 0 Å². The van der Waals surface area contributed by atoms with E-state index in [4.69, 9.17) is 35.7 Å². The van der Waals surface area contributed by atoms with Gasteiger partial charge in [0.1, 0.15) is 0 Å². The molecule has 0 saturated heterocycles. The molecule has 0 aliphatic rings. The minimum absolute atomic E-state index is 0.0278. The Morgan fingerprint density at radius 3 is 1.43 bits per heavy atom. The Morgan fingerprint density at radius 2 is 1.10 bits per heavy atom. The molecule has 0 heterocycles. The van der Waals surface area contributed by atoms with Crippen molar-refractivity contribution in [3.05, 3.63) is 34.9 Å². The molecule has 0 saturated carbocycles. The Balaban J connectivity index is 0. The first kappa shape index (κ1) is 29.6. The lowest BCUT2D eigenvalue weighted by Crippen LogP contribution is -2.10. The van der Waals surface area contributed by atoms with E-state index in [-0.39, 0.29) is 32.0 Å². The van der Waals surface area contributed by atoms with Gasteiger partial charge >= 0.3 is 17.9 Å². The molecule has 0 radical (unpaired) electrons. The zero-order chi connectivity index (χ0) is 23.4. The zero-order valence-corrected chi connectivity index (χ0v) is 16.6. The fraction of sp³-hybridized carbons (Fsp3) is 0.526. The molecule has 0 aromatic heterocycles. The number of carboxylic acids is 3. The minimum Gasteiger partial charge on any atom is -0.478 e. The molecule has 0 fully saturated rings. The molecule has 11 nitrogen and oxygen atoms in total. The Hall–Kier alpha value is -2.57. The third-order valence-electron chi connectivity index (χ3n) is 3.26. The molecule has 11 heteroatoms. The molecule has 0 bridgehead atoms. The molecule has 7 N–H and O–H groups in total. The number of aliphatic hydroxyl groups excluding tert-OH is 4. The highest BCUT2D eigenvalue weighted by atomic mass is 16.5. The van der Waals surface area contributed by atoms with Crippen LogP contribution in [0.4, 0.5) is 0 Å². The van der Waals surface area contributed by atoms with E-state index in [0.29, 0.717) is 13.2 Å². The van der Waals surface area contributed by atoms with Crippen molar-refractivity contribution in [1.29, 1.82) is 0 Å². The van der Waals surface area contributed by atoms with E-state index in [9.17, 15) is 14.4 Å². The van der Waals surface area contributed by atoms with Crippen LogP contribution < -0.4 is 0 Å². The maximum Gasteiger partial charge on any atom is 0.336 e. The average molecular weight is 434 g/mol. The van der Waals surface area contributed by atoms with Crippen LogP contribution in [0.3, 0.4) is 0 Å². The number of carbonyl (C=O) groups is 3. The van der Waals surface area contributed by atoms with Crippen LogP contribution in [0, 0.1) is 0 Å². The van der Waals surface area contributed by atoms with E-state index in [0.717, 1.165) is 43.9 Å². The highest BCUT2D eigenvalue weighted by Crippen LogP contribution is 2.12. The average Bonchev–Trinajstić information content (AvgIpc) is 2.72. The van der Waals surface area contributed by atoms with Crippen molar-refractivity contribution in [3.8, 4) is 0 Å². The van der Waals surface area contributed by atoms with E-state index < -0.39 is 29.0 Å². The second-order valence-electron chi connectivity index (χ2n) is 5.60. The van der Waals surface area contributed by atoms with E-state index in [1.54, 1.807) is 0 Å². The number of hydrogen-bond donors (Lipinski definition) is 7. The van der Waals surface area contributed by atoms with Crippen LogP contribution >= 0.6 is 0 Å². The van der Waals surface area contributed by atoms with E-state index in [1.807, 2.05) is 0 Å². The molecule has 172 valence electrons. The first-order valence-corrected chi connectivity index (χ1v) is 9.11. The van der Waals surface area contributed by atoms with Crippen molar-refractivity contribution in [2.24, 2.45) is 0 Å². The summed E-state index contributed by atoms with van der Waals surface area (Å²) in [5.41, 5.74) is -1.24. The molecular weight excluding hydrogens is 404 g/mol. The summed E-state index contributed by atoms with van der Waals surface area (Å²) in [6, 6.07) is 2.81. The number of benzene rings is 1. The van der Waals surface area contributed by atoms with Gasteiger partial charge in [-0.1, -0.05) is 12.8 Å². The zero-order valence-electron chi connectivity index (χ0n) is 16.6. The normalized spacial score (nSPS) is 9.60. The van der Waals surface area contributed by atoms with Gasteiger partial charge in [0, 0.05) is 13.2 Å². The largest absolute Gasteiger partial charge is 0.478 e. The second-order valence-corrected chi connectivity index (χ2v) is 5.60. The molecule has 0 atom stereocenters. The number of aliphatic hydroxyl groups is 4. The van der Waals surface area contributed by atoms with Crippen LogP contribution in [0.1, 0.15) is 56.8 Å². The monoisotopic (exact) mass is 434 g/mol. The van der Waals surface area contributed by atoms with Gasteiger partial charge in [-0.25, -0.2) is 14.4 Å². The summed E-state index contributed by atoms with van der Waals surface area (Å²) in [6.07, 6.45) is 3.83. The van der Waals surface area contributed by atoms with Crippen molar-refractivity contribution < 1.29 is 54.9 Å². The molecule has 0 unspecified atom stereocenters. The van der Waals surface area contributed by atoms with Gasteiger partial charge in [-0.15, -0.1) is 0 Å². The van der Waals surface area contributed by atoms with Crippen LogP contribution in [0.2, 0.25) is 0 Å². The third kappa shape index (κ3) is 15.4. The van der Waals surface area contributed by atoms with Crippen molar-refractivity contribution >= 4 is 17.9 Å². The summed E-state index contributed by atoms with van der Waals surface area (Å²) >= 11 is 0. The summed E-state index contributed by atoms with van der Waals surface area (Å²) in [6.45, 7) is 1.26. The molecule has 0 aliphatic carbocycles. The second kappa shape index (κ2) is 19.7. The fourth-order valence-electron chi connectivity index (χ4n) is 1.85. The summed E-state index contributed by atoms with van der Waals surface area (Å²) in [5.74, 6) is -4.20. The standard InChI is InChI=1S/C9H6O6.C6H14O2.C4H10O3/c10-7(11)4-1-2-5(8(12)13)6(3-4)9(14)15;7-5-3-1-2-4-6-8;5-1-3-7-4-2-6/h1-3H,(H,10,11)(H,12,13)(H,14,15);7-8H,1-6H2;5-6H,1-4H2. The van der Waals surface area contributed by atoms with Crippen molar-refractivity contribution in [1.82, 2.24) is 0 Å². The highest BCUT2D eigenvalue weighted by molar-refractivity contribution is 6.03. The highest BCUT2D eigenvalue weighted by Gasteiger charge is 2.17. The molecule has 30 heavy (non-hydrogen) atoms. The predicted octanol–water partition coefficient (Wildman–Crippen LogP) is 0.300. The molecule has 0 aliphatic heterocycles. The predicted molar refractivity (Wildman–Crippen MR) is 105 cm³/mol. The van der Waals surface area contributed by atoms with Gasteiger partial charge in [0.2, 0.25) is 0 Å². The molecule has 0 spiro atoms. The number of hydrogen-bond acceptors (Lipinski definition) is 8. The fourth-order valence-corrected chi connectivity index (χ4v) is 1.85. The molecule has 1 aromatic rings. The minimum atomic E-state index is -1.48. The number of carboxylic acid groups (broad SMARTS) is 3. The number of ether oxygens (including phenoxy) is 1. The summed E-state index contributed by atoms with van der Waals surface area (Å²) in [4.78, 5) is 31.8. The Labute approximate surface area is 173 Å². The van der Waals surface area contributed by atoms with E-state index >= 15 is 0 Å². The van der Waals surface area contributed by atoms with Gasteiger partial charge in [-0.05, 0) is 31.0 Å². The summed E-state index contributed by atoms with van der Waals surface area (Å²) < 4.78 is 4.63. The van der Waals surface area contributed by atoms with Crippen molar-refractivity contribution in [2.75, 3.05) is 39.6 Å². The molecule has 0 amide bonds. The Morgan fingerprint density at radius 1 is 0.633 bits per heavy atom. The van der Waals surface area contributed by atoms with Crippen molar-refractivity contribution in [3.63, 3.8) is 0 Å². The van der Waals surface area contributed by atoms with Crippen LogP contribution in [0.5, 0.6) is 0 Å². The van der Waals surface area contributed by atoms with Crippen LogP contribution in [-0.2, 0) is 4.74 Å². The molecule has 1 rings (SSSR count). The Bertz CT molecular complexity index is 606. The van der Waals surface area contributed by atoms with Gasteiger partial charge in [0.05, 0.1) is 43.1 Å².